The van der Waals surface area contributed by atoms with Gasteiger partial charge in [0.15, 0.2) is 0 Å². The second-order valence-electron chi connectivity index (χ2n) is 6.94. The van der Waals surface area contributed by atoms with E-state index in [0.717, 1.165) is 43.4 Å². The fourth-order valence-electron chi connectivity index (χ4n) is 3.21. The molecule has 154 valence electrons. The molecule has 3 aromatic rings. The molecule has 1 aliphatic heterocycles. The van der Waals surface area contributed by atoms with E-state index in [4.69, 9.17) is 4.74 Å². The lowest BCUT2D eigenvalue weighted by atomic mass is 10.2. The van der Waals surface area contributed by atoms with Crippen molar-refractivity contribution in [2.45, 2.75) is 6.92 Å². The van der Waals surface area contributed by atoms with Crippen molar-refractivity contribution in [3.05, 3.63) is 60.9 Å². The highest BCUT2D eigenvalue weighted by molar-refractivity contribution is 5.88. The zero-order valence-electron chi connectivity index (χ0n) is 16.8. The highest BCUT2D eigenvalue weighted by Crippen LogP contribution is 2.23. The Hall–Kier alpha value is -3.65. The highest BCUT2D eigenvalue weighted by Gasteiger charge is 2.11. The maximum atomic E-state index is 11.1. The zero-order valence-corrected chi connectivity index (χ0v) is 16.8. The average molecular weight is 404 g/mol. The molecule has 3 N–H and O–H groups in total. The molecule has 0 spiro atoms. The second-order valence-corrected chi connectivity index (χ2v) is 6.94. The van der Waals surface area contributed by atoms with Crippen LogP contribution in [0.3, 0.4) is 0 Å². The van der Waals surface area contributed by atoms with Gasteiger partial charge in [-0.05, 0) is 48.5 Å². The molecule has 30 heavy (non-hydrogen) atoms. The van der Waals surface area contributed by atoms with E-state index in [1.165, 1.54) is 18.9 Å². The molecule has 1 saturated heterocycles. The Morgan fingerprint density at radius 2 is 1.40 bits per heavy atom. The van der Waals surface area contributed by atoms with Gasteiger partial charge >= 0.3 is 0 Å². The summed E-state index contributed by atoms with van der Waals surface area (Å²) in [5.41, 5.74) is 3.76. The fraction of sp³-hybridized carbons (Fsp3) is 0.227. The van der Waals surface area contributed by atoms with Crippen LogP contribution in [0.4, 0.5) is 34.4 Å². The minimum atomic E-state index is -0.0970. The summed E-state index contributed by atoms with van der Waals surface area (Å²) >= 11 is 0. The Balaban J connectivity index is 1.39. The summed E-state index contributed by atoms with van der Waals surface area (Å²) in [6, 6.07) is 17.6. The zero-order chi connectivity index (χ0) is 20.8. The average Bonchev–Trinajstić information content (AvgIpc) is 2.76. The van der Waals surface area contributed by atoms with Gasteiger partial charge in [-0.2, -0.15) is 0 Å². The Bertz CT molecular complexity index is 985. The smallest absolute Gasteiger partial charge is 0.221 e. The van der Waals surface area contributed by atoms with Gasteiger partial charge in [-0.25, -0.2) is 9.97 Å². The van der Waals surface area contributed by atoms with Gasteiger partial charge in [-0.1, -0.05) is 0 Å². The van der Waals surface area contributed by atoms with Crippen LogP contribution in [0, 0.1) is 0 Å². The van der Waals surface area contributed by atoms with Gasteiger partial charge < -0.3 is 25.6 Å². The lowest BCUT2D eigenvalue weighted by Gasteiger charge is -2.28. The normalized spacial score (nSPS) is 13.6. The topological polar surface area (TPSA) is 91.4 Å². The molecule has 1 aliphatic rings. The molecule has 2 aromatic carbocycles. The number of ether oxygens (including phenoxy) is 1. The molecule has 0 saturated carbocycles. The number of hydrogen-bond donors (Lipinski definition) is 3. The van der Waals surface area contributed by atoms with E-state index in [1.807, 2.05) is 42.5 Å². The van der Waals surface area contributed by atoms with Gasteiger partial charge in [-0.3, -0.25) is 4.79 Å². The third-order valence-electron chi connectivity index (χ3n) is 4.66. The minimum Gasteiger partial charge on any atom is -0.378 e. The predicted molar refractivity (Wildman–Crippen MR) is 119 cm³/mol. The van der Waals surface area contributed by atoms with Gasteiger partial charge in [0, 0.05) is 48.8 Å². The maximum Gasteiger partial charge on any atom is 0.221 e. The molecule has 8 heteroatoms. The highest BCUT2D eigenvalue weighted by atomic mass is 16.5. The van der Waals surface area contributed by atoms with E-state index in [0.29, 0.717) is 11.6 Å². The molecule has 0 aliphatic carbocycles. The molecule has 0 radical (unpaired) electrons. The van der Waals surface area contributed by atoms with Gasteiger partial charge in [-0.15, -0.1) is 0 Å². The number of hydrogen-bond acceptors (Lipinski definition) is 7. The van der Waals surface area contributed by atoms with E-state index in [2.05, 4.69) is 43.0 Å². The first-order valence-electron chi connectivity index (χ1n) is 9.82. The molecule has 1 amide bonds. The molecule has 8 nitrogen and oxygen atoms in total. The van der Waals surface area contributed by atoms with Crippen molar-refractivity contribution in [2.75, 3.05) is 47.2 Å². The Kier molecular flexibility index (Phi) is 6.05. The van der Waals surface area contributed by atoms with Crippen molar-refractivity contribution >= 4 is 40.3 Å². The number of rotatable bonds is 6. The van der Waals surface area contributed by atoms with Crippen molar-refractivity contribution in [3.8, 4) is 0 Å². The summed E-state index contributed by atoms with van der Waals surface area (Å²) in [5, 5.41) is 9.30. The summed E-state index contributed by atoms with van der Waals surface area (Å²) in [6.45, 7) is 4.86. The first-order chi connectivity index (χ1) is 14.7. The molecule has 0 unspecified atom stereocenters. The van der Waals surface area contributed by atoms with Crippen LogP contribution in [-0.4, -0.2) is 42.2 Å². The predicted octanol–water partition coefficient (Wildman–Crippen LogP) is 3.76. The SMILES string of the molecule is CC(=O)Nc1ccc(Nc2cc(Nc3ccc(N4CCOCC4)cc3)ncn2)cc1. The quantitative estimate of drug-likeness (QED) is 0.576. The largest absolute Gasteiger partial charge is 0.378 e. The van der Waals surface area contributed by atoms with E-state index in [-0.39, 0.29) is 5.91 Å². The molecule has 0 bridgehead atoms. The van der Waals surface area contributed by atoms with Crippen LogP contribution in [0.25, 0.3) is 0 Å². The standard InChI is InChI=1S/C22H24N6O2/c1-16(29)25-17-2-4-18(5-3-17)26-21-14-22(24-15-23-21)27-19-6-8-20(9-7-19)28-10-12-30-13-11-28/h2-9,14-15H,10-13H2,1H3,(H,25,29)(H2,23,24,26,27). The lowest BCUT2D eigenvalue weighted by molar-refractivity contribution is -0.114. The van der Waals surface area contributed by atoms with Crippen LogP contribution < -0.4 is 20.9 Å². The summed E-state index contributed by atoms with van der Waals surface area (Å²) in [4.78, 5) is 22.0. The van der Waals surface area contributed by atoms with E-state index in [1.54, 1.807) is 0 Å². The first-order valence-corrected chi connectivity index (χ1v) is 9.82. The molecule has 0 atom stereocenters. The molecule has 4 rings (SSSR count). The third kappa shape index (κ3) is 5.24. The van der Waals surface area contributed by atoms with Gasteiger partial charge in [0.2, 0.25) is 5.91 Å². The summed E-state index contributed by atoms with van der Waals surface area (Å²) in [6.07, 6.45) is 1.51. The fourth-order valence-corrected chi connectivity index (χ4v) is 3.21. The number of morpholine rings is 1. The molecule has 1 fully saturated rings. The Labute approximate surface area is 175 Å². The summed E-state index contributed by atoms with van der Waals surface area (Å²) in [7, 11) is 0. The Morgan fingerprint density at radius 3 is 1.97 bits per heavy atom. The molecular formula is C22H24N6O2. The number of aromatic nitrogens is 2. The third-order valence-corrected chi connectivity index (χ3v) is 4.66. The maximum absolute atomic E-state index is 11.1. The van der Waals surface area contributed by atoms with Crippen molar-refractivity contribution in [2.24, 2.45) is 0 Å². The van der Waals surface area contributed by atoms with E-state index in [9.17, 15) is 4.79 Å². The van der Waals surface area contributed by atoms with Crippen LogP contribution >= 0.6 is 0 Å². The van der Waals surface area contributed by atoms with Crippen LogP contribution in [0.15, 0.2) is 60.9 Å². The van der Waals surface area contributed by atoms with Crippen molar-refractivity contribution in [1.29, 1.82) is 0 Å². The monoisotopic (exact) mass is 404 g/mol. The number of carbonyl (C=O) groups excluding carboxylic acids is 1. The van der Waals surface area contributed by atoms with Crippen LogP contribution in [0.2, 0.25) is 0 Å². The van der Waals surface area contributed by atoms with Crippen molar-refractivity contribution in [3.63, 3.8) is 0 Å². The number of anilines is 6. The van der Waals surface area contributed by atoms with Crippen LogP contribution in [0.5, 0.6) is 0 Å². The van der Waals surface area contributed by atoms with Crippen molar-refractivity contribution < 1.29 is 9.53 Å². The van der Waals surface area contributed by atoms with Gasteiger partial charge in [0.25, 0.3) is 0 Å². The van der Waals surface area contributed by atoms with E-state index < -0.39 is 0 Å². The van der Waals surface area contributed by atoms with Gasteiger partial charge in [0.05, 0.1) is 13.2 Å². The van der Waals surface area contributed by atoms with E-state index >= 15 is 0 Å². The van der Waals surface area contributed by atoms with Gasteiger partial charge in [0.1, 0.15) is 18.0 Å². The number of carbonyl (C=O) groups is 1. The number of benzene rings is 2. The number of nitrogens with one attached hydrogen (secondary N) is 3. The van der Waals surface area contributed by atoms with Crippen LogP contribution in [0.1, 0.15) is 6.92 Å². The number of amides is 1. The van der Waals surface area contributed by atoms with Crippen molar-refractivity contribution in [1.82, 2.24) is 9.97 Å². The molecule has 2 heterocycles. The molecule has 1 aromatic heterocycles. The number of nitrogens with zero attached hydrogens (tertiary/aromatic N) is 3. The Morgan fingerprint density at radius 1 is 0.867 bits per heavy atom. The summed E-state index contributed by atoms with van der Waals surface area (Å²) in [5.74, 6) is 1.27. The van der Waals surface area contributed by atoms with Crippen LogP contribution in [-0.2, 0) is 9.53 Å². The lowest BCUT2D eigenvalue weighted by Crippen LogP contribution is -2.36. The summed E-state index contributed by atoms with van der Waals surface area (Å²) < 4.78 is 5.41. The molecular weight excluding hydrogens is 380 g/mol. The second kappa shape index (κ2) is 9.23. The minimum absolute atomic E-state index is 0.0970. The first kappa shape index (κ1) is 19.7.